The SMILES string of the molecule is Cc1ccc(NC(=O)[C@@H](c2ccccc2)N2CCCCCCC2)cc1. The van der Waals surface area contributed by atoms with Crippen molar-refractivity contribution in [3.63, 3.8) is 0 Å². The van der Waals surface area contributed by atoms with E-state index in [1.165, 1.54) is 37.7 Å². The van der Waals surface area contributed by atoms with Gasteiger partial charge >= 0.3 is 0 Å². The Morgan fingerprint density at radius 3 is 2.12 bits per heavy atom. The molecule has 1 aliphatic heterocycles. The summed E-state index contributed by atoms with van der Waals surface area (Å²) in [6.45, 7) is 4.03. The van der Waals surface area contributed by atoms with Gasteiger partial charge in [0.1, 0.15) is 6.04 Å². The fraction of sp³-hybridized carbons (Fsp3) is 0.409. The first-order valence-electron chi connectivity index (χ1n) is 9.40. The van der Waals surface area contributed by atoms with E-state index in [9.17, 15) is 4.79 Å². The summed E-state index contributed by atoms with van der Waals surface area (Å²) in [5, 5.41) is 3.12. The van der Waals surface area contributed by atoms with Crippen LogP contribution in [0.5, 0.6) is 0 Å². The van der Waals surface area contributed by atoms with Crippen molar-refractivity contribution in [1.82, 2.24) is 4.90 Å². The number of hydrogen-bond acceptors (Lipinski definition) is 2. The summed E-state index contributed by atoms with van der Waals surface area (Å²) in [5.74, 6) is 0.0654. The minimum Gasteiger partial charge on any atom is -0.324 e. The standard InChI is InChI=1S/C22H28N2O/c1-18-12-14-20(15-13-18)23-22(25)21(19-10-6-5-7-11-19)24-16-8-3-2-4-9-17-24/h5-7,10-15,21H,2-4,8-9,16-17H2,1H3,(H,23,25)/t21-/m1/s1. The van der Waals surface area contributed by atoms with Crippen molar-refractivity contribution in [1.29, 1.82) is 0 Å². The molecular formula is C22H28N2O. The molecule has 2 aromatic rings. The summed E-state index contributed by atoms with van der Waals surface area (Å²) in [4.78, 5) is 15.5. The van der Waals surface area contributed by atoms with Gasteiger partial charge in [0.25, 0.3) is 0 Å². The van der Waals surface area contributed by atoms with E-state index in [2.05, 4.69) is 29.3 Å². The molecule has 0 bridgehead atoms. The number of aryl methyl sites for hydroxylation is 1. The molecule has 2 aromatic carbocycles. The number of rotatable bonds is 4. The van der Waals surface area contributed by atoms with Gasteiger partial charge in [-0.2, -0.15) is 0 Å². The molecule has 1 N–H and O–H groups in total. The maximum atomic E-state index is 13.1. The summed E-state index contributed by atoms with van der Waals surface area (Å²) in [7, 11) is 0. The van der Waals surface area contributed by atoms with Crippen LogP contribution in [-0.2, 0) is 4.79 Å². The number of likely N-dealkylation sites (tertiary alicyclic amines) is 1. The van der Waals surface area contributed by atoms with Crippen LogP contribution >= 0.6 is 0 Å². The highest BCUT2D eigenvalue weighted by Crippen LogP contribution is 2.25. The largest absolute Gasteiger partial charge is 0.324 e. The van der Waals surface area contributed by atoms with Gasteiger partial charge in [-0.15, -0.1) is 0 Å². The van der Waals surface area contributed by atoms with Crippen molar-refractivity contribution < 1.29 is 4.79 Å². The molecule has 3 rings (SSSR count). The first-order chi connectivity index (χ1) is 12.2. The molecule has 3 nitrogen and oxygen atoms in total. The second kappa shape index (κ2) is 8.82. The summed E-state index contributed by atoms with van der Waals surface area (Å²) >= 11 is 0. The van der Waals surface area contributed by atoms with Gasteiger partial charge in [0, 0.05) is 5.69 Å². The third-order valence-corrected chi connectivity index (χ3v) is 4.94. The molecule has 0 spiro atoms. The fourth-order valence-electron chi connectivity index (χ4n) is 3.54. The molecule has 25 heavy (non-hydrogen) atoms. The lowest BCUT2D eigenvalue weighted by atomic mass is 10.0. The van der Waals surface area contributed by atoms with Crippen molar-refractivity contribution >= 4 is 11.6 Å². The molecule has 0 radical (unpaired) electrons. The average molecular weight is 336 g/mol. The highest BCUT2D eigenvalue weighted by molar-refractivity contribution is 5.95. The maximum absolute atomic E-state index is 13.1. The molecule has 0 aromatic heterocycles. The zero-order valence-electron chi connectivity index (χ0n) is 15.1. The van der Waals surface area contributed by atoms with Crippen LogP contribution in [0.3, 0.4) is 0 Å². The van der Waals surface area contributed by atoms with E-state index >= 15 is 0 Å². The van der Waals surface area contributed by atoms with E-state index in [-0.39, 0.29) is 11.9 Å². The van der Waals surface area contributed by atoms with Crippen LogP contribution in [0.25, 0.3) is 0 Å². The highest BCUT2D eigenvalue weighted by atomic mass is 16.2. The first-order valence-corrected chi connectivity index (χ1v) is 9.40. The van der Waals surface area contributed by atoms with E-state index in [0.717, 1.165) is 24.3 Å². The Morgan fingerprint density at radius 1 is 0.880 bits per heavy atom. The van der Waals surface area contributed by atoms with Crippen molar-refractivity contribution in [2.45, 2.75) is 45.1 Å². The van der Waals surface area contributed by atoms with Crippen LogP contribution in [0.1, 0.15) is 49.3 Å². The number of nitrogens with zero attached hydrogens (tertiary/aromatic N) is 1. The minimum atomic E-state index is -0.222. The van der Waals surface area contributed by atoms with Gasteiger partial charge in [0.2, 0.25) is 5.91 Å². The number of carbonyl (C=O) groups excluding carboxylic acids is 1. The average Bonchev–Trinajstić information content (AvgIpc) is 2.60. The Bertz CT molecular complexity index is 658. The van der Waals surface area contributed by atoms with Gasteiger partial charge in [0.05, 0.1) is 0 Å². The number of carbonyl (C=O) groups is 1. The summed E-state index contributed by atoms with van der Waals surface area (Å²) in [5.41, 5.74) is 3.14. The zero-order valence-corrected chi connectivity index (χ0v) is 15.1. The first kappa shape index (κ1) is 17.7. The lowest BCUT2D eigenvalue weighted by Crippen LogP contribution is -2.39. The van der Waals surface area contributed by atoms with Crippen molar-refractivity contribution in [3.05, 3.63) is 65.7 Å². The zero-order chi connectivity index (χ0) is 17.5. The Morgan fingerprint density at radius 2 is 1.48 bits per heavy atom. The van der Waals surface area contributed by atoms with E-state index in [0.29, 0.717) is 0 Å². The molecular weight excluding hydrogens is 308 g/mol. The number of anilines is 1. The van der Waals surface area contributed by atoms with Crippen LogP contribution in [-0.4, -0.2) is 23.9 Å². The minimum absolute atomic E-state index is 0.0654. The lowest BCUT2D eigenvalue weighted by Gasteiger charge is -2.32. The smallest absolute Gasteiger partial charge is 0.246 e. The molecule has 1 aliphatic rings. The van der Waals surface area contributed by atoms with Gasteiger partial charge in [-0.05, 0) is 50.6 Å². The van der Waals surface area contributed by atoms with Crippen LogP contribution in [0.4, 0.5) is 5.69 Å². The Labute approximate surface area is 151 Å². The van der Waals surface area contributed by atoms with Gasteiger partial charge in [-0.1, -0.05) is 67.3 Å². The van der Waals surface area contributed by atoms with Gasteiger partial charge in [0.15, 0.2) is 0 Å². The molecule has 1 atom stereocenters. The Hall–Kier alpha value is -2.13. The summed E-state index contributed by atoms with van der Waals surface area (Å²) < 4.78 is 0. The molecule has 1 saturated heterocycles. The van der Waals surface area contributed by atoms with Crippen molar-refractivity contribution in [3.8, 4) is 0 Å². The van der Waals surface area contributed by atoms with E-state index in [1.54, 1.807) is 0 Å². The van der Waals surface area contributed by atoms with Crippen LogP contribution in [0, 0.1) is 6.92 Å². The summed E-state index contributed by atoms with van der Waals surface area (Å²) in [6.07, 6.45) is 6.18. The molecule has 1 fully saturated rings. The summed E-state index contributed by atoms with van der Waals surface area (Å²) in [6, 6.07) is 18.0. The normalized spacial score (nSPS) is 17.3. The topological polar surface area (TPSA) is 32.3 Å². The van der Waals surface area contributed by atoms with E-state index < -0.39 is 0 Å². The predicted octanol–water partition coefficient (Wildman–Crippen LogP) is 4.94. The van der Waals surface area contributed by atoms with Crippen molar-refractivity contribution in [2.24, 2.45) is 0 Å². The van der Waals surface area contributed by atoms with Gasteiger partial charge in [-0.25, -0.2) is 0 Å². The van der Waals surface area contributed by atoms with Gasteiger partial charge in [-0.3, -0.25) is 9.69 Å². The lowest BCUT2D eigenvalue weighted by molar-refractivity contribution is -0.121. The Kier molecular flexibility index (Phi) is 6.24. The van der Waals surface area contributed by atoms with Crippen LogP contribution < -0.4 is 5.32 Å². The highest BCUT2D eigenvalue weighted by Gasteiger charge is 2.27. The molecule has 0 saturated carbocycles. The second-order valence-corrected chi connectivity index (χ2v) is 6.97. The number of amides is 1. The second-order valence-electron chi connectivity index (χ2n) is 6.97. The third-order valence-electron chi connectivity index (χ3n) is 4.94. The van der Waals surface area contributed by atoms with Crippen LogP contribution in [0.2, 0.25) is 0 Å². The number of nitrogens with one attached hydrogen (secondary N) is 1. The molecule has 1 heterocycles. The third kappa shape index (κ3) is 4.93. The molecule has 0 unspecified atom stereocenters. The van der Waals surface area contributed by atoms with Gasteiger partial charge < -0.3 is 5.32 Å². The quantitative estimate of drug-likeness (QED) is 0.857. The molecule has 1 amide bonds. The van der Waals surface area contributed by atoms with E-state index in [4.69, 9.17) is 0 Å². The maximum Gasteiger partial charge on any atom is 0.246 e. The Balaban J connectivity index is 1.82. The fourth-order valence-corrected chi connectivity index (χ4v) is 3.54. The monoisotopic (exact) mass is 336 g/mol. The predicted molar refractivity (Wildman–Crippen MR) is 104 cm³/mol. The van der Waals surface area contributed by atoms with Crippen LogP contribution in [0.15, 0.2) is 54.6 Å². The van der Waals surface area contributed by atoms with Crippen molar-refractivity contribution in [2.75, 3.05) is 18.4 Å². The molecule has 0 aliphatic carbocycles. The molecule has 3 heteroatoms. The number of hydrogen-bond donors (Lipinski definition) is 1. The number of benzene rings is 2. The van der Waals surface area contributed by atoms with E-state index in [1.807, 2.05) is 42.5 Å². The molecule has 132 valence electrons.